The average molecular weight is 296 g/mol. The van der Waals surface area contributed by atoms with Gasteiger partial charge in [0.1, 0.15) is 0 Å². The number of ether oxygens (including phenoxy) is 1. The zero-order chi connectivity index (χ0) is 16.0. The van der Waals surface area contributed by atoms with Gasteiger partial charge in [0.15, 0.2) is 11.6 Å². The summed E-state index contributed by atoms with van der Waals surface area (Å²) in [4.78, 5) is 14.0. The Labute approximate surface area is 126 Å². The van der Waals surface area contributed by atoms with E-state index in [1.54, 1.807) is 17.0 Å². The number of likely N-dealkylation sites (N-methyl/N-ethyl adjacent to an activating group) is 1. The molecule has 5 heteroatoms. The van der Waals surface area contributed by atoms with Gasteiger partial charge in [0.2, 0.25) is 5.91 Å². The summed E-state index contributed by atoms with van der Waals surface area (Å²) in [6, 6.07) is 4.20. The molecule has 118 valence electrons. The van der Waals surface area contributed by atoms with E-state index in [1.807, 2.05) is 20.8 Å². The minimum atomic E-state index is -0.516. The Bertz CT molecular complexity index is 479. The maximum Gasteiger partial charge on any atom is 0.240 e. The monoisotopic (exact) mass is 296 g/mol. The quantitative estimate of drug-likeness (QED) is 0.841. The minimum absolute atomic E-state index is 0.0944. The molecule has 0 spiro atoms. The highest BCUT2D eigenvalue weighted by Gasteiger charge is 2.24. The van der Waals surface area contributed by atoms with Crippen LogP contribution in [0.4, 0.5) is 4.39 Å². The minimum Gasteiger partial charge on any atom is -0.494 e. The van der Waals surface area contributed by atoms with Crippen molar-refractivity contribution in [3.05, 3.63) is 29.6 Å². The van der Waals surface area contributed by atoms with Crippen molar-refractivity contribution < 1.29 is 13.9 Å². The normalized spacial score (nSPS) is 13.6. The van der Waals surface area contributed by atoms with Crippen LogP contribution in [-0.4, -0.2) is 30.5 Å². The SMILES string of the molecule is CCC(C)[C@H](N)C(=O)N(CC)Cc1ccc(OC)c(F)c1. The first-order chi connectivity index (χ1) is 9.94. The summed E-state index contributed by atoms with van der Waals surface area (Å²) in [5.41, 5.74) is 6.71. The molecule has 1 aromatic carbocycles. The van der Waals surface area contributed by atoms with Crippen molar-refractivity contribution in [1.82, 2.24) is 4.90 Å². The number of carbonyl (C=O) groups excluding carboxylic acids is 1. The molecule has 2 N–H and O–H groups in total. The summed E-state index contributed by atoms with van der Waals surface area (Å²) in [7, 11) is 1.42. The van der Waals surface area contributed by atoms with Gasteiger partial charge in [0.05, 0.1) is 13.2 Å². The van der Waals surface area contributed by atoms with Crippen LogP contribution in [0.1, 0.15) is 32.8 Å². The maximum absolute atomic E-state index is 13.7. The average Bonchev–Trinajstić information content (AvgIpc) is 2.50. The summed E-state index contributed by atoms with van der Waals surface area (Å²) >= 11 is 0. The molecule has 0 radical (unpaired) electrons. The standard InChI is InChI=1S/C16H25FN2O2/c1-5-11(3)15(18)16(20)19(6-2)10-12-7-8-14(21-4)13(17)9-12/h7-9,11,15H,5-6,10,18H2,1-4H3/t11?,15-/m0/s1. The molecule has 1 unspecified atom stereocenters. The molecule has 21 heavy (non-hydrogen) atoms. The molecule has 1 aromatic rings. The summed E-state index contributed by atoms with van der Waals surface area (Å²) in [6.07, 6.45) is 0.849. The van der Waals surface area contributed by atoms with E-state index >= 15 is 0 Å². The number of nitrogens with zero attached hydrogens (tertiary/aromatic N) is 1. The number of methoxy groups -OCH3 is 1. The van der Waals surface area contributed by atoms with Crippen LogP contribution in [0.15, 0.2) is 18.2 Å². The number of amides is 1. The predicted octanol–water partition coefficient (Wildman–Crippen LogP) is 2.56. The van der Waals surface area contributed by atoms with Crippen molar-refractivity contribution >= 4 is 5.91 Å². The van der Waals surface area contributed by atoms with Gasteiger partial charge in [0.25, 0.3) is 0 Å². The first-order valence-electron chi connectivity index (χ1n) is 7.31. The van der Waals surface area contributed by atoms with Crippen LogP contribution in [0, 0.1) is 11.7 Å². The largest absolute Gasteiger partial charge is 0.494 e. The Morgan fingerprint density at radius 3 is 2.57 bits per heavy atom. The van der Waals surface area contributed by atoms with Crippen LogP contribution in [0.2, 0.25) is 0 Å². The molecular weight excluding hydrogens is 271 g/mol. The van der Waals surface area contributed by atoms with E-state index in [-0.39, 0.29) is 17.6 Å². The molecule has 0 aliphatic rings. The van der Waals surface area contributed by atoms with E-state index in [2.05, 4.69) is 0 Å². The fourth-order valence-corrected chi connectivity index (χ4v) is 2.08. The molecule has 0 heterocycles. The highest BCUT2D eigenvalue weighted by atomic mass is 19.1. The Morgan fingerprint density at radius 2 is 2.10 bits per heavy atom. The first-order valence-corrected chi connectivity index (χ1v) is 7.31. The highest BCUT2D eigenvalue weighted by molar-refractivity contribution is 5.81. The third-order valence-electron chi connectivity index (χ3n) is 3.83. The van der Waals surface area contributed by atoms with Crippen molar-refractivity contribution in [2.75, 3.05) is 13.7 Å². The molecule has 2 atom stereocenters. The number of hydrogen-bond acceptors (Lipinski definition) is 3. The number of nitrogens with two attached hydrogens (primary N) is 1. The van der Waals surface area contributed by atoms with Gasteiger partial charge in [-0.1, -0.05) is 26.3 Å². The van der Waals surface area contributed by atoms with Crippen LogP contribution in [0.5, 0.6) is 5.75 Å². The second-order valence-corrected chi connectivity index (χ2v) is 5.23. The Kier molecular flexibility index (Phi) is 6.62. The van der Waals surface area contributed by atoms with E-state index in [1.165, 1.54) is 13.2 Å². The van der Waals surface area contributed by atoms with E-state index in [0.29, 0.717) is 13.1 Å². The zero-order valence-electron chi connectivity index (χ0n) is 13.2. The molecule has 0 aliphatic carbocycles. The molecule has 0 fully saturated rings. The molecular formula is C16H25FN2O2. The second-order valence-electron chi connectivity index (χ2n) is 5.23. The lowest BCUT2D eigenvalue weighted by Gasteiger charge is -2.27. The van der Waals surface area contributed by atoms with E-state index in [4.69, 9.17) is 10.5 Å². The number of rotatable bonds is 7. The number of carbonyl (C=O) groups is 1. The fourth-order valence-electron chi connectivity index (χ4n) is 2.08. The van der Waals surface area contributed by atoms with Gasteiger partial charge in [-0.3, -0.25) is 4.79 Å². The number of hydrogen-bond donors (Lipinski definition) is 1. The first kappa shape index (κ1) is 17.4. The van der Waals surface area contributed by atoms with Crippen LogP contribution in [0.25, 0.3) is 0 Å². The lowest BCUT2D eigenvalue weighted by Crippen LogP contribution is -2.46. The van der Waals surface area contributed by atoms with Crippen LogP contribution in [-0.2, 0) is 11.3 Å². The number of halogens is 1. The second kappa shape index (κ2) is 7.98. The summed E-state index contributed by atoms with van der Waals surface area (Å²) < 4.78 is 18.6. The van der Waals surface area contributed by atoms with Gasteiger partial charge in [-0.2, -0.15) is 0 Å². The van der Waals surface area contributed by atoms with Gasteiger partial charge >= 0.3 is 0 Å². The van der Waals surface area contributed by atoms with Crippen molar-refractivity contribution in [2.45, 2.75) is 39.8 Å². The van der Waals surface area contributed by atoms with Gasteiger partial charge < -0.3 is 15.4 Å². The van der Waals surface area contributed by atoms with E-state index < -0.39 is 11.9 Å². The molecule has 0 saturated carbocycles. The smallest absolute Gasteiger partial charge is 0.240 e. The Morgan fingerprint density at radius 1 is 1.43 bits per heavy atom. The topological polar surface area (TPSA) is 55.6 Å². The third kappa shape index (κ3) is 4.43. The van der Waals surface area contributed by atoms with Crippen LogP contribution in [0.3, 0.4) is 0 Å². The van der Waals surface area contributed by atoms with E-state index in [0.717, 1.165) is 12.0 Å². The number of benzene rings is 1. The van der Waals surface area contributed by atoms with Gasteiger partial charge in [-0.25, -0.2) is 4.39 Å². The van der Waals surface area contributed by atoms with Crippen molar-refractivity contribution in [3.63, 3.8) is 0 Å². The third-order valence-corrected chi connectivity index (χ3v) is 3.83. The van der Waals surface area contributed by atoms with E-state index in [9.17, 15) is 9.18 Å². The fraction of sp³-hybridized carbons (Fsp3) is 0.562. The zero-order valence-corrected chi connectivity index (χ0v) is 13.2. The van der Waals surface area contributed by atoms with Gasteiger partial charge in [-0.15, -0.1) is 0 Å². The highest BCUT2D eigenvalue weighted by Crippen LogP contribution is 2.19. The summed E-state index contributed by atoms with van der Waals surface area (Å²) in [6.45, 7) is 6.74. The van der Waals surface area contributed by atoms with Crippen molar-refractivity contribution in [2.24, 2.45) is 11.7 Å². The molecule has 0 saturated heterocycles. The van der Waals surface area contributed by atoms with Crippen molar-refractivity contribution in [3.8, 4) is 5.75 Å². The Hall–Kier alpha value is -1.62. The van der Waals surface area contributed by atoms with Crippen LogP contribution < -0.4 is 10.5 Å². The van der Waals surface area contributed by atoms with Gasteiger partial charge in [0, 0.05) is 13.1 Å². The molecule has 0 aliphatic heterocycles. The maximum atomic E-state index is 13.7. The molecule has 4 nitrogen and oxygen atoms in total. The molecule has 1 amide bonds. The van der Waals surface area contributed by atoms with Crippen molar-refractivity contribution in [1.29, 1.82) is 0 Å². The molecule has 0 aromatic heterocycles. The van der Waals surface area contributed by atoms with Gasteiger partial charge in [-0.05, 0) is 30.5 Å². The molecule has 0 bridgehead atoms. The summed E-state index contributed by atoms with van der Waals surface area (Å²) in [5.74, 6) is -0.198. The Balaban J connectivity index is 2.82. The lowest BCUT2D eigenvalue weighted by atomic mass is 9.98. The lowest BCUT2D eigenvalue weighted by molar-refractivity contribution is -0.134. The predicted molar refractivity (Wildman–Crippen MR) is 81.5 cm³/mol. The van der Waals surface area contributed by atoms with Crippen LogP contribution >= 0.6 is 0 Å². The summed E-state index contributed by atoms with van der Waals surface area (Å²) in [5, 5.41) is 0. The molecule has 1 rings (SSSR count).